The highest BCUT2D eigenvalue weighted by atomic mass is 32.2. The third-order valence-corrected chi connectivity index (χ3v) is 5.00. The molecule has 0 spiro atoms. The monoisotopic (exact) mass is 295 g/mol. The van der Waals surface area contributed by atoms with Crippen molar-refractivity contribution >= 4 is 33.7 Å². The Kier molecular flexibility index (Phi) is 3.98. The summed E-state index contributed by atoms with van der Waals surface area (Å²) in [5.41, 5.74) is 0.667. The Bertz CT molecular complexity index is 531. The summed E-state index contributed by atoms with van der Waals surface area (Å²) in [5.74, 6) is 2.92. The Morgan fingerprint density at radius 2 is 2.16 bits per heavy atom. The zero-order chi connectivity index (χ0) is 13.1. The Hall–Kier alpha value is -1.14. The van der Waals surface area contributed by atoms with E-state index >= 15 is 0 Å². The van der Waals surface area contributed by atoms with Gasteiger partial charge in [-0.25, -0.2) is 0 Å². The lowest BCUT2D eigenvalue weighted by Crippen LogP contribution is -2.16. The molecule has 0 saturated carbocycles. The molecule has 1 aromatic carbocycles. The first kappa shape index (κ1) is 12.9. The van der Waals surface area contributed by atoms with Gasteiger partial charge in [0.25, 0.3) is 0 Å². The van der Waals surface area contributed by atoms with Crippen molar-refractivity contribution in [2.24, 2.45) is 4.99 Å². The van der Waals surface area contributed by atoms with Gasteiger partial charge in [-0.2, -0.15) is 0 Å². The minimum atomic E-state index is 0.0946. The summed E-state index contributed by atoms with van der Waals surface area (Å²) in [6, 6.07) is 5.36. The number of ketones is 1. The van der Waals surface area contributed by atoms with E-state index in [2.05, 4.69) is 4.99 Å². The fourth-order valence-electron chi connectivity index (χ4n) is 1.83. The van der Waals surface area contributed by atoms with Gasteiger partial charge in [-0.1, -0.05) is 23.5 Å². The summed E-state index contributed by atoms with van der Waals surface area (Å²) >= 11 is 3.23. The number of carbonyl (C=O) groups is 1. The van der Waals surface area contributed by atoms with Gasteiger partial charge in [0.1, 0.15) is 17.6 Å². The highest BCUT2D eigenvalue weighted by molar-refractivity contribution is 8.39. The third kappa shape index (κ3) is 3.06. The molecule has 100 valence electrons. The number of rotatable bonds is 3. The van der Waals surface area contributed by atoms with Crippen LogP contribution in [-0.2, 0) is 0 Å². The maximum absolute atomic E-state index is 12.1. The van der Waals surface area contributed by atoms with Gasteiger partial charge in [-0.15, -0.1) is 0 Å². The van der Waals surface area contributed by atoms with Crippen molar-refractivity contribution in [1.29, 1.82) is 0 Å². The van der Waals surface area contributed by atoms with Crippen LogP contribution in [0.5, 0.6) is 11.5 Å². The summed E-state index contributed by atoms with van der Waals surface area (Å²) in [4.78, 5) is 16.4. The van der Waals surface area contributed by atoms with Crippen molar-refractivity contribution in [3.05, 3.63) is 23.8 Å². The molecular weight excluding hydrogens is 282 g/mol. The van der Waals surface area contributed by atoms with E-state index in [-0.39, 0.29) is 5.78 Å². The minimum absolute atomic E-state index is 0.0946. The Labute approximate surface area is 120 Å². The molecule has 0 bridgehead atoms. The van der Waals surface area contributed by atoms with Crippen LogP contribution in [0.4, 0.5) is 0 Å². The summed E-state index contributed by atoms with van der Waals surface area (Å²) in [6.45, 7) is 1.96. The van der Waals surface area contributed by atoms with Crippen LogP contribution in [0, 0.1) is 0 Å². The highest BCUT2D eigenvalue weighted by Crippen LogP contribution is 2.31. The molecule has 0 atom stereocenters. The maximum Gasteiger partial charge on any atom is 0.173 e. The fraction of sp³-hybridized carbons (Fsp3) is 0.385. The second-order valence-electron chi connectivity index (χ2n) is 4.07. The molecule has 19 heavy (non-hydrogen) atoms. The zero-order valence-electron chi connectivity index (χ0n) is 10.3. The molecule has 6 heteroatoms. The summed E-state index contributed by atoms with van der Waals surface area (Å²) < 4.78 is 11.9. The van der Waals surface area contributed by atoms with Gasteiger partial charge in [0.15, 0.2) is 17.3 Å². The van der Waals surface area contributed by atoms with Gasteiger partial charge in [0.05, 0.1) is 12.3 Å². The van der Waals surface area contributed by atoms with Crippen molar-refractivity contribution in [3.63, 3.8) is 0 Å². The van der Waals surface area contributed by atoms with Crippen molar-refractivity contribution in [2.45, 2.75) is 0 Å². The number of Topliss-reactive ketones (excluding diaryl/α,β-unsaturated/α-hetero) is 1. The predicted octanol–water partition coefficient (Wildman–Crippen LogP) is 2.48. The average molecular weight is 295 g/mol. The van der Waals surface area contributed by atoms with E-state index in [1.54, 1.807) is 30.0 Å². The van der Waals surface area contributed by atoms with E-state index in [1.165, 1.54) is 11.8 Å². The molecule has 3 rings (SSSR count). The molecule has 0 saturated heterocycles. The van der Waals surface area contributed by atoms with Crippen LogP contribution < -0.4 is 9.47 Å². The first-order chi connectivity index (χ1) is 9.33. The lowest BCUT2D eigenvalue weighted by molar-refractivity contribution is 0.102. The van der Waals surface area contributed by atoms with Gasteiger partial charge in [-0.05, 0) is 18.2 Å². The quantitative estimate of drug-likeness (QED) is 0.802. The summed E-state index contributed by atoms with van der Waals surface area (Å²) in [6.07, 6.45) is 0. The van der Waals surface area contributed by atoms with E-state index < -0.39 is 0 Å². The van der Waals surface area contributed by atoms with E-state index in [4.69, 9.17) is 9.47 Å². The first-order valence-electron chi connectivity index (χ1n) is 6.06. The lowest BCUT2D eigenvalue weighted by atomic mass is 10.1. The smallest absolute Gasteiger partial charge is 0.173 e. The summed E-state index contributed by atoms with van der Waals surface area (Å²) in [5, 5.41) is 0. The Morgan fingerprint density at radius 3 is 2.95 bits per heavy atom. The molecule has 0 amide bonds. The fourth-order valence-corrected chi connectivity index (χ4v) is 3.73. The molecule has 4 nitrogen and oxygen atoms in total. The van der Waals surface area contributed by atoms with Gasteiger partial charge in [0.2, 0.25) is 0 Å². The molecule has 0 aromatic heterocycles. The van der Waals surface area contributed by atoms with Gasteiger partial charge >= 0.3 is 0 Å². The van der Waals surface area contributed by atoms with E-state index in [1.807, 2.05) is 0 Å². The third-order valence-electron chi connectivity index (χ3n) is 2.75. The van der Waals surface area contributed by atoms with Crippen LogP contribution in [0.3, 0.4) is 0 Å². The zero-order valence-corrected chi connectivity index (χ0v) is 11.9. The van der Waals surface area contributed by atoms with Crippen molar-refractivity contribution < 1.29 is 14.3 Å². The van der Waals surface area contributed by atoms with Gasteiger partial charge in [0, 0.05) is 11.3 Å². The van der Waals surface area contributed by atoms with Crippen LogP contribution >= 0.6 is 23.5 Å². The number of hydrogen-bond acceptors (Lipinski definition) is 6. The Balaban J connectivity index is 1.65. The molecule has 2 aliphatic rings. The SMILES string of the molecule is O=C(CSC1=NCCS1)c1ccc2c(c1)OCCO2. The van der Waals surface area contributed by atoms with Crippen molar-refractivity contribution in [3.8, 4) is 11.5 Å². The van der Waals surface area contributed by atoms with E-state index in [9.17, 15) is 4.79 Å². The van der Waals surface area contributed by atoms with E-state index in [0.29, 0.717) is 36.0 Å². The molecule has 1 aromatic rings. The maximum atomic E-state index is 12.1. The molecule has 0 fully saturated rings. The van der Waals surface area contributed by atoms with Crippen LogP contribution in [0.1, 0.15) is 10.4 Å². The number of benzene rings is 1. The number of thioether (sulfide) groups is 2. The van der Waals surface area contributed by atoms with Crippen LogP contribution in [0.15, 0.2) is 23.2 Å². The van der Waals surface area contributed by atoms with Crippen LogP contribution in [0.25, 0.3) is 0 Å². The second-order valence-corrected chi connectivity index (χ2v) is 6.37. The molecule has 2 heterocycles. The van der Waals surface area contributed by atoms with Crippen molar-refractivity contribution in [1.82, 2.24) is 0 Å². The van der Waals surface area contributed by atoms with Gasteiger partial charge < -0.3 is 9.47 Å². The molecule has 0 unspecified atom stereocenters. The number of hydrogen-bond donors (Lipinski definition) is 0. The normalized spacial score (nSPS) is 17.2. The lowest BCUT2D eigenvalue weighted by Gasteiger charge is -2.18. The molecule has 0 aliphatic carbocycles. The Morgan fingerprint density at radius 1 is 1.32 bits per heavy atom. The first-order valence-corrected chi connectivity index (χ1v) is 8.03. The van der Waals surface area contributed by atoms with E-state index in [0.717, 1.165) is 16.7 Å². The molecule has 0 radical (unpaired) electrons. The molecular formula is C13H13NO3S2. The topological polar surface area (TPSA) is 47.9 Å². The number of fused-ring (bicyclic) bond motifs is 1. The minimum Gasteiger partial charge on any atom is -0.486 e. The second kappa shape index (κ2) is 5.88. The highest BCUT2D eigenvalue weighted by Gasteiger charge is 2.16. The molecule has 0 N–H and O–H groups in total. The van der Waals surface area contributed by atoms with Gasteiger partial charge in [-0.3, -0.25) is 9.79 Å². The van der Waals surface area contributed by atoms with Crippen LogP contribution in [0.2, 0.25) is 0 Å². The predicted molar refractivity (Wildman–Crippen MR) is 79.0 cm³/mol. The number of nitrogens with zero attached hydrogens (tertiary/aromatic N) is 1. The molecule has 2 aliphatic heterocycles. The number of ether oxygens (including phenoxy) is 2. The van der Waals surface area contributed by atoms with Crippen LogP contribution in [-0.4, -0.2) is 41.4 Å². The standard InChI is InChI=1S/C13H13NO3S2/c15-10(8-19-13-14-3-6-18-13)9-1-2-11-12(7-9)17-5-4-16-11/h1-2,7H,3-6,8H2. The average Bonchev–Trinajstić information content (AvgIpc) is 2.97. The van der Waals surface area contributed by atoms with Crippen molar-refractivity contribution in [2.75, 3.05) is 31.3 Å². The summed E-state index contributed by atoms with van der Waals surface area (Å²) in [7, 11) is 0. The largest absolute Gasteiger partial charge is 0.486 e. The number of aliphatic imine (C=N–C) groups is 1. The number of carbonyl (C=O) groups excluding carboxylic acids is 1.